The first kappa shape index (κ1) is 30.2. The quantitative estimate of drug-likeness (QED) is 0.169. The fraction of sp³-hybridized carbons (Fsp3) is 0. The van der Waals surface area contributed by atoms with E-state index >= 15 is 0 Å². The Labute approximate surface area is 310 Å². The van der Waals surface area contributed by atoms with Crippen LogP contribution >= 0.6 is 0 Å². The van der Waals surface area contributed by atoms with E-state index in [1.54, 1.807) is 0 Å². The summed E-state index contributed by atoms with van der Waals surface area (Å²) in [5.74, 6) is 2.70. The van der Waals surface area contributed by atoms with Gasteiger partial charge in [-0.3, -0.25) is 8.97 Å². The standard InChI is InChI=1S/C48H30N6/c1-5-17-31(18-6-1)43-44-39-30-42-38(29-37(39)35-25-13-16-28-41(35)54(44)47(49-43)34-23-11-4-12-24-34)36-26-14-15-27-40(36)53(42)48-51-45(32-19-7-2-8-20-32)50-46(52-48)33-21-9-3-10-22-33/h1-30H. The van der Waals surface area contributed by atoms with Gasteiger partial charge in [-0.25, -0.2) is 9.97 Å². The molecule has 0 fully saturated rings. The second-order valence-corrected chi connectivity index (χ2v) is 13.5. The van der Waals surface area contributed by atoms with Crippen LogP contribution in [0, 0.1) is 0 Å². The third-order valence-corrected chi connectivity index (χ3v) is 10.3. The van der Waals surface area contributed by atoms with Crippen molar-refractivity contribution in [3.05, 3.63) is 182 Å². The molecule has 11 rings (SSSR count). The first-order valence-electron chi connectivity index (χ1n) is 18.1. The van der Waals surface area contributed by atoms with E-state index in [0.29, 0.717) is 17.6 Å². The number of para-hydroxylation sites is 2. The van der Waals surface area contributed by atoms with Crippen molar-refractivity contribution >= 4 is 49.0 Å². The van der Waals surface area contributed by atoms with Crippen molar-refractivity contribution < 1.29 is 0 Å². The Kier molecular flexibility index (Phi) is 6.75. The fourth-order valence-corrected chi connectivity index (χ4v) is 7.92. The van der Waals surface area contributed by atoms with Crippen LogP contribution < -0.4 is 0 Å². The summed E-state index contributed by atoms with van der Waals surface area (Å²) >= 11 is 0. The van der Waals surface area contributed by atoms with Crippen LogP contribution in [0.3, 0.4) is 0 Å². The van der Waals surface area contributed by atoms with Crippen molar-refractivity contribution in [3.63, 3.8) is 0 Å². The van der Waals surface area contributed by atoms with Gasteiger partial charge in [0.25, 0.3) is 0 Å². The highest BCUT2D eigenvalue weighted by molar-refractivity contribution is 6.22. The van der Waals surface area contributed by atoms with Crippen LogP contribution in [-0.2, 0) is 0 Å². The summed E-state index contributed by atoms with van der Waals surface area (Å²) in [5.41, 5.74) is 9.10. The summed E-state index contributed by atoms with van der Waals surface area (Å²) in [6, 6.07) is 63.1. The maximum atomic E-state index is 5.45. The molecule has 0 atom stereocenters. The maximum Gasteiger partial charge on any atom is 0.238 e. The number of nitrogens with zero attached hydrogens (tertiary/aromatic N) is 6. The molecule has 0 N–H and O–H groups in total. The van der Waals surface area contributed by atoms with Gasteiger partial charge in [0.15, 0.2) is 11.6 Å². The van der Waals surface area contributed by atoms with E-state index in [1.807, 2.05) is 66.7 Å². The van der Waals surface area contributed by atoms with Crippen molar-refractivity contribution in [2.75, 3.05) is 0 Å². The Hall–Kier alpha value is -7.44. The summed E-state index contributed by atoms with van der Waals surface area (Å²) < 4.78 is 4.55. The molecule has 0 aliphatic carbocycles. The molecular weight excluding hydrogens is 661 g/mol. The largest absolute Gasteiger partial charge is 0.291 e. The number of fused-ring (bicyclic) bond motifs is 9. The molecule has 252 valence electrons. The minimum Gasteiger partial charge on any atom is -0.291 e. The molecule has 6 nitrogen and oxygen atoms in total. The zero-order valence-corrected chi connectivity index (χ0v) is 29.0. The van der Waals surface area contributed by atoms with E-state index in [2.05, 4.69) is 124 Å². The van der Waals surface area contributed by atoms with Gasteiger partial charge < -0.3 is 0 Å². The Morgan fingerprint density at radius 3 is 1.44 bits per heavy atom. The second kappa shape index (κ2) is 12.1. The predicted octanol–water partition coefficient (Wildman–Crippen LogP) is 11.6. The molecule has 54 heavy (non-hydrogen) atoms. The zero-order chi connectivity index (χ0) is 35.6. The van der Waals surface area contributed by atoms with Gasteiger partial charge in [0.1, 0.15) is 5.82 Å². The zero-order valence-electron chi connectivity index (χ0n) is 29.0. The average Bonchev–Trinajstić information content (AvgIpc) is 3.81. The molecule has 0 aliphatic rings. The molecule has 0 saturated heterocycles. The smallest absolute Gasteiger partial charge is 0.238 e. The molecule has 0 amide bonds. The monoisotopic (exact) mass is 690 g/mol. The minimum atomic E-state index is 0.562. The molecule has 0 saturated carbocycles. The molecule has 0 unspecified atom stereocenters. The fourth-order valence-electron chi connectivity index (χ4n) is 7.92. The van der Waals surface area contributed by atoms with Crippen LogP contribution in [0.1, 0.15) is 0 Å². The van der Waals surface area contributed by atoms with E-state index < -0.39 is 0 Å². The third-order valence-electron chi connectivity index (χ3n) is 10.3. The Morgan fingerprint density at radius 1 is 0.333 bits per heavy atom. The van der Waals surface area contributed by atoms with Crippen molar-refractivity contribution in [2.45, 2.75) is 0 Å². The van der Waals surface area contributed by atoms with E-state index in [9.17, 15) is 0 Å². The molecule has 0 bridgehead atoms. The lowest BCUT2D eigenvalue weighted by atomic mass is 9.99. The van der Waals surface area contributed by atoms with Crippen molar-refractivity contribution in [2.24, 2.45) is 0 Å². The van der Waals surface area contributed by atoms with Crippen molar-refractivity contribution in [3.8, 4) is 51.4 Å². The molecule has 0 spiro atoms. The van der Waals surface area contributed by atoms with E-state index in [-0.39, 0.29) is 0 Å². The summed E-state index contributed by atoms with van der Waals surface area (Å²) in [7, 11) is 0. The van der Waals surface area contributed by atoms with Gasteiger partial charge in [-0.1, -0.05) is 158 Å². The van der Waals surface area contributed by atoms with E-state index in [4.69, 9.17) is 19.9 Å². The van der Waals surface area contributed by atoms with Gasteiger partial charge in [-0.05, 0) is 29.7 Å². The number of hydrogen-bond acceptors (Lipinski definition) is 4. The van der Waals surface area contributed by atoms with Gasteiger partial charge >= 0.3 is 0 Å². The summed E-state index contributed by atoms with van der Waals surface area (Å²) in [4.78, 5) is 20.8. The van der Waals surface area contributed by atoms with E-state index in [1.165, 1.54) is 0 Å². The first-order chi connectivity index (χ1) is 26.8. The lowest BCUT2D eigenvalue weighted by Crippen LogP contribution is -2.06. The van der Waals surface area contributed by atoms with Gasteiger partial charge in [0, 0.05) is 43.8 Å². The van der Waals surface area contributed by atoms with Crippen LogP contribution in [0.15, 0.2) is 182 Å². The minimum absolute atomic E-state index is 0.562. The molecule has 4 aromatic heterocycles. The number of hydrogen-bond donors (Lipinski definition) is 0. The van der Waals surface area contributed by atoms with Crippen molar-refractivity contribution in [1.82, 2.24) is 28.9 Å². The lowest BCUT2D eigenvalue weighted by molar-refractivity contribution is 0.954. The Balaban J connectivity index is 1.31. The van der Waals surface area contributed by atoms with Crippen LogP contribution in [-0.4, -0.2) is 28.9 Å². The number of aromatic nitrogens is 6. The van der Waals surface area contributed by atoms with Crippen LogP contribution in [0.4, 0.5) is 0 Å². The predicted molar refractivity (Wildman–Crippen MR) is 220 cm³/mol. The summed E-state index contributed by atoms with van der Waals surface area (Å²) in [6.07, 6.45) is 0. The molecule has 11 aromatic rings. The number of pyridine rings is 1. The highest BCUT2D eigenvalue weighted by Crippen LogP contribution is 2.42. The van der Waals surface area contributed by atoms with Gasteiger partial charge in [-0.15, -0.1) is 0 Å². The normalized spacial score (nSPS) is 11.7. The highest BCUT2D eigenvalue weighted by atomic mass is 15.2. The van der Waals surface area contributed by atoms with Crippen LogP contribution in [0.2, 0.25) is 0 Å². The first-order valence-corrected chi connectivity index (χ1v) is 18.1. The van der Waals surface area contributed by atoms with Crippen LogP contribution in [0.5, 0.6) is 0 Å². The maximum absolute atomic E-state index is 5.45. The molecular formula is C48H30N6. The Bertz CT molecular complexity index is 3130. The number of rotatable bonds is 5. The Morgan fingerprint density at radius 2 is 0.833 bits per heavy atom. The number of benzene rings is 7. The topological polar surface area (TPSA) is 60.9 Å². The third kappa shape index (κ3) is 4.67. The highest BCUT2D eigenvalue weighted by Gasteiger charge is 2.23. The molecule has 7 aromatic carbocycles. The number of imidazole rings is 1. The molecule has 0 radical (unpaired) electrons. The SMILES string of the molecule is c1ccc(-c2nc(-c3ccccc3)nc(-n3c4ccccc4c4cc5c6ccccc6n6c(-c7ccccc7)nc(-c7ccccc7)c6c5cc43)n2)cc1. The lowest BCUT2D eigenvalue weighted by Gasteiger charge is -2.13. The summed E-state index contributed by atoms with van der Waals surface area (Å²) in [5, 5.41) is 5.67. The van der Waals surface area contributed by atoms with Crippen molar-refractivity contribution in [1.29, 1.82) is 0 Å². The van der Waals surface area contributed by atoms with Crippen LogP contribution in [0.25, 0.3) is 100 Å². The second-order valence-electron chi connectivity index (χ2n) is 13.5. The van der Waals surface area contributed by atoms with Gasteiger partial charge in [0.2, 0.25) is 5.95 Å². The average molecular weight is 691 g/mol. The van der Waals surface area contributed by atoms with Gasteiger partial charge in [-0.2, -0.15) is 9.97 Å². The molecule has 0 aliphatic heterocycles. The summed E-state index contributed by atoms with van der Waals surface area (Å²) in [6.45, 7) is 0. The van der Waals surface area contributed by atoms with E-state index in [0.717, 1.165) is 82.8 Å². The molecule has 4 heterocycles. The molecule has 6 heteroatoms. The van der Waals surface area contributed by atoms with Gasteiger partial charge in [0.05, 0.1) is 27.8 Å².